The third kappa shape index (κ3) is 3.34. The Labute approximate surface area is 126 Å². The highest BCUT2D eigenvalue weighted by Crippen LogP contribution is 2.21. The second-order valence-electron chi connectivity index (χ2n) is 5.15. The van der Waals surface area contributed by atoms with Gasteiger partial charge in [-0.3, -0.25) is 4.90 Å². The van der Waals surface area contributed by atoms with Gasteiger partial charge in [0.1, 0.15) is 0 Å². The number of halogens is 1. The summed E-state index contributed by atoms with van der Waals surface area (Å²) in [5.74, 6) is 0. The van der Waals surface area contributed by atoms with Crippen LogP contribution >= 0.6 is 11.6 Å². The maximum Gasteiger partial charge on any atom is 0.243 e. The van der Waals surface area contributed by atoms with Crippen LogP contribution in [0.5, 0.6) is 0 Å². The molecule has 0 amide bonds. The lowest BCUT2D eigenvalue weighted by molar-refractivity contribution is 0.142. The van der Waals surface area contributed by atoms with Gasteiger partial charge in [-0.15, -0.1) is 0 Å². The molecule has 0 spiro atoms. The Morgan fingerprint density at radius 3 is 2.45 bits per heavy atom. The first kappa shape index (κ1) is 15.8. The highest BCUT2D eigenvalue weighted by atomic mass is 35.5. The zero-order chi connectivity index (χ0) is 14.8. The highest BCUT2D eigenvalue weighted by molar-refractivity contribution is 7.89. The van der Waals surface area contributed by atoms with Crippen molar-refractivity contribution in [2.45, 2.75) is 31.2 Å². The molecule has 0 saturated carbocycles. The third-order valence-electron chi connectivity index (χ3n) is 3.92. The normalized spacial score (nSPS) is 19.9. The number of piperazine rings is 1. The summed E-state index contributed by atoms with van der Waals surface area (Å²) in [4.78, 5) is 2.62. The van der Waals surface area contributed by atoms with Crippen LogP contribution in [0.4, 0.5) is 0 Å². The van der Waals surface area contributed by atoms with Gasteiger partial charge in [-0.2, -0.15) is 4.31 Å². The van der Waals surface area contributed by atoms with Gasteiger partial charge in [0, 0.05) is 37.2 Å². The number of sulfonamides is 1. The fourth-order valence-corrected chi connectivity index (χ4v) is 4.14. The van der Waals surface area contributed by atoms with Crippen LogP contribution in [-0.4, -0.2) is 49.8 Å². The maximum absolute atomic E-state index is 12.5. The zero-order valence-corrected chi connectivity index (χ0v) is 13.5. The first-order valence-corrected chi connectivity index (χ1v) is 8.76. The zero-order valence-electron chi connectivity index (χ0n) is 11.9. The van der Waals surface area contributed by atoms with Gasteiger partial charge < -0.3 is 0 Å². The SMILES string of the molecule is CCC(C)N1CCN(S(=O)(=O)c2cccc(Cl)c2)CC1. The molecule has 1 atom stereocenters. The molecule has 0 radical (unpaired) electrons. The molecule has 1 aliphatic heterocycles. The van der Waals surface area contributed by atoms with E-state index in [4.69, 9.17) is 11.6 Å². The molecule has 0 bridgehead atoms. The van der Waals surface area contributed by atoms with Crippen molar-refractivity contribution in [2.75, 3.05) is 26.2 Å². The predicted molar refractivity (Wildman–Crippen MR) is 81.5 cm³/mol. The predicted octanol–water partition coefficient (Wildman–Crippen LogP) is 2.44. The minimum Gasteiger partial charge on any atom is -0.298 e. The van der Waals surface area contributed by atoms with Crippen molar-refractivity contribution in [3.05, 3.63) is 29.3 Å². The highest BCUT2D eigenvalue weighted by Gasteiger charge is 2.29. The number of nitrogens with zero attached hydrogens (tertiary/aromatic N) is 2. The van der Waals surface area contributed by atoms with Crippen molar-refractivity contribution in [3.63, 3.8) is 0 Å². The molecule has 1 heterocycles. The quantitative estimate of drug-likeness (QED) is 0.856. The molecule has 1 unspecified atom stereocenters. The molecule has 0 N–H and O–H groups in total. The van der Waals surface area contributed by atoms with Crippen LogP contribution in [-0.2, 0) is 10.0 Å². The molecule has 112 valence electrons. The van der Waals surface area contributed by atoms with E-state index in [0.717, 1.165) is 19.5 Å². The van der Waals surface area contributed by atoms with Gasteiger partial charge in [0.25, 0.3) is 0 Å². The van der Waals surface area contributed by atoms with Crippen molar-refractivity contribution < 1.29 is 8.42 Å². The van der Waals surface area contributed by atoms with Crippen molar-refractivity contribution in [1.29, 1.82) is 0 Å². The molecule has 4 nitrogen and oxygen atoms in total. The number of hydrogen-bond donors (Lipinski definition) is 0. The second-order valence-corrected chi connectivity index (χ2v) is 7.53. The molecular formula is C14H21ClN2O2S. The van der Waals surface area contributed by atoms with E-state index in [1.54, 1.807) is 22.5 Å². The first-order chi connectivity index (χ1) is 9.45. The summed E-state index contributed by atoms with van der Waals surface area (Å²) in [6.07, 6.45) is 1.08. The molecule has 1 fully saturated rings. The van der Waals surface area contributed by atoms with Gasteiger partial charge in [0.15, 0.2) is 0 Å². The van der Waals surface area contributed by atoms with Crippen LogP contribution in [0.25, 0.3) is 0 Å². The minimum atomic E-state index is -3.42. The summed E-state index contributed by atoms with van der Waals surface area (Å²) >= 11 is 5.88. The van der Waals surface area contributed by atoms with Crippen molar-refractivity contribution in [3.8, 4) is 0 Å². The Balaban J connectivity index is 2.10. The molecule has 0 aliphatic carbocycles. The maximum atomic E-state index is 12.5. The van der Waals surface area contributed by atoms with E-state index in [-0.39, 0.29) is 4.90 Å². The Morgan fingerprint density at radius 1 is 1.25 bits per heavy atom. The topological polar surface area (TPSA) is 40.6 Å². The van der Waals surface area contributed by atoms with Crippen molar-refractivity contribution >= 4 is 21.6 Å². The van der Waals surface area contributed by atoms with Gasteiger partial charge in [-0.1, -0.05) is 24.6 Å². The largest absolute Gasteiger partial charge is 0.298 e. The Morgan fingerprint density at radius 2 is 1.90 bits per heavy atom. The van der Waals surface area contributed by atoms with Gasteiger partial charge in [0.05, 0.1) is 4.90 Å². The third-order valence-corrected chi connectivity index (χ3v) is 6.05. The fraction of sp³-hybridized carbons (Fsp3) is 0.571. The summed E-state index contributed by atoms with van der Waals surface area (Å²) in [5.41, 5.74) is 0. The lowest BCUT2D eigenvalue weighted by atomic mass is 10.2. The van der Waals surface area contributed by atoms with E-state index in [1.165, 1.54) is 6.07 Å². The van der Waals surface area contributed by atoms with Crippen LogP contribution in [0.1, 0.15) is 20.3 Å². The van der Waals surface area contributed by atoms with Crippen LogP contribution in [0.15, 0.2) is 29.2 Å². The summed E-state index contributed by atoms with van der Waals surface area (Å²) in [7, 11) is -3.42. The van der Waals surface area contributed by atoms with Gasteiger partial charge >= 0.3 is 0 Å². The van der Waals surface area contributed by atoms with E-state index in [1.807, 2.05) is 0 Å². The van der Waals surface area contributed by atoms with Crippen LogP contribution in [0.3, 0.4) is 0 Å². The molecule has 6 heteroatoms. The smallest absolute Gasteiger partial charge is 0.243 e. The molecule has 2 rings (SSSR count). The van der Waals surface area contributed by atoms with Crippen LogP contribution in [0.2, 0.25) is 5.02 Å². The fourth-order valence-electron chi connectivity index (χ4n) is 2.42. The van der Waals surface area contributed by atoms with Gasteiger partial charge in [0.2, 0.25) is 10.0 Å². The average Bonchev–Trinajstić information content (AvgIpc) is 2.46. The summed E-state index contributed by atoms with van der Waals surface area (Å²) in [6, 6.07) is 6.97. The molecule has 1 aliphatic rings. The average molecular weight is 317 g/mol. The van der Waals surface area contributed by atoms with Gasteiger partial charge in [-0.05, 0) is 31.5 Å². The Hall–Kier alpha value is -0.620. The van der Waals surface area contributed by atoms with E-state index >= 15 is 0 Å². The molecule has 1 aromatic carbocycles. The monoisotopic (exact) mass is 316 g/mol. The first-order valence-electron chi connectivity index (χ1n) is 6.95. The van der Waals surface area contributed by atoms with Crippen LogP contribution < -0.4 is 0 Å². The van der Waals surface area contributed by atoms with Gasteiger partial charge in [-0.25, -0.2) is 8.42 Å². The Kier molecular flexibility index (Phi) is 5.07. The summed E-state index contributed by atoms with van der Waals surface area (Å²) in [6.45, 7) is 6.99. The summed E-state index contributed by atoms with van der Waals surface area (Å²) < 4.78 is 26.6. The number of benzene rings is 1. The van der Waals surface area contributed by atoms with E-state index in [0.29, 0.717) is 24.2 Å². The van der Waals surface area contributed by atoms with Crippen molar-refractivity contribution in [2.24, 2.45) is 0 Å². The van der Waals surface area contributed by atoms with E-state index in [2.05, 4.69) is 18.7 Å². The van der Waals surface area contributed by atoms with Crippen LogP contribution in [0, 0.1) is 0 Å². The second kappa shape index (κ2) is 6.43. The lowest BCUT2D eigenvalue weighted by Crippen LogP contribution is -2.51. The van der Waals surface area contributed by atoms with Crippen molar-refractivity contribution in [1.82, 2.24) is 9.21 Å². The number of hydrogen-bond acceptors (Lipinski definition) is 3. The Bertz CT molecular complexity index is 554. The minimum absolute atomic E-state index is 0.280. The van der Waals surface area contributed by atoms with E-state index in [9.17, 15) is 8.42 Å². The number of rotatable bonds is 4. The molecule has 0 aromatic heterocycles. The lowest BCUT2D eigenvalue weighted by Gasteiger charge is -2.37. The molecule has 1 aromatic rings. The standard InChI is InChI=1S/C14H21ClN2O2S/c1-3-12(2)16-7-9-17(10-8-16)20(18,19)14-6-4-5-13(15)11-14/h4-6,11-12H,3,7-10H2,1-2H3. The van der Waals surface area contributed by atoms with E-state index < -0.39 is 10.0 Å². The molecular weight excluding hydrogens is 296 g/mol. The summed E-state index contributed by atoms with van der Waals surface area (Å²) in [5, 5.41) is 0.448. The molecule has 20 heavy (non-hydrogen) atoms. The molecule has 1 saturated heterocycles.